The molecule has 55 heavy (non-hydrogen) atoms. The number of carbonyl (C=O) groups excluding carboxylic acids is 1. The van der Waals surface area contributed by atoms with Gasteiger partial charge < -0.3 is 24.8 Å². The fourth-order valence-corrected chi connectivity index (χ4v) is 6.37. The number of carbonyl (C=O) groups is 1. The van der Waals surface area contributed by atoms with Crippen LogP contribution in [0.4, 0.5) is 0 Å². The predicted molar refractivity (Wildman–Crippen MR) is 228 cm³/mol. The molecule has 0 bridgehead atoms. The van der Waals surface area contributed by atoms with Crippen LogP contribution in [0.1, 0.15) is 149 Å². The molecule has 0 aromatic rings. The van der Waals surface area contributed by atoms with Gasteiger partial charge in [0.1, 0.15) is 6.61 Å². The van der Waals surface area contributed by atoms with Gasteiger partial charge in [-0.15, -0.1) is 0 Å². The Morgan fingerprint density at radius 1 is 0.673 bits per heavy atom. The first kappa shape index (κ1) is 50.5. The standard InChI is InChI=1S/C45H76NO8P/c1-3-5-7-8-9-10-11-12-13-14-17-20-23-26-29-33-38-50-40-42(41-52-55(48,49)51-39-37-46)53-45(47)36-32-28-25-22-19-16-15-18-21-24-27-31-35-44-43(54-44)34-30-6-4-2/h6,16,18-19,21,23,25-28,30-31,33,38,42-44H,3-5,7-15,17,20,22,24,29,32,34-37,39-41,46H2,1-2H3,(H,48,49). The summed E-state index contributed by atoms with van der Waals surface area (Å²) >= 11 is 0. The van der Waals surface area contributed by atoms with E-state index in [0.717, 1.165) is 51.4 Å². The van der Waals surface area contributed by atoms with Crippen LogP contribution in [-0.2, 0) is 32.6 Å². The highest BCUT2D eigenvalue weighted by Crippen LogP contribution is 2.43. The van der Waals surface area contributed by atoms with Gasteiger partial charge >= 0.3 is 13.8 Å². The van der Waals surface area contributed by atoms with Gasteiger partial charge in [0.05, 0.1) is 31.7 Å². The molecule has 9 nitrogen and oxygen atoms in total. The van der Waals surface area contributed by atoms with Crippen LogP contribution in [-0.4, -0.2) is 55.5 Å². The number of unbranched alkanes of at least 4 members (excludes halogenated alkanes) is 11. The second-order valence-electron chi connectivity index (χ2n) is 13.9. The molecule has 1 rings (SSSR count). The number of hydrogen-bond donors (Lipinski definition) is 2. The topological polar surface area (TPSA) is 130 Å². The highest BCUT2D eigenvalue weighted by atomic mass is 31.2. The van der Waals surface area contributed by atoms with Gasteiger partial charge in [-0.2, -0.15) is 0 Å². The summed E-state index contributed by atoms with van der Waals surface area (Å²) in [7, 11) is -4.33. The molecule has 10 heteroatoms. The van der Waals surface area contributed by atoms with Gasteiger partial charge in [0.25, 0.3) is 0 Å². The summed E-state index contributed by atoms with van der Waals surface area (Å²) in [5.74, 6) is -0.449. The fraction of sp³-hybridized carbons (Fsp3) is 0.667. The van der Waals surface area contributed by atoms with Crippen LogP contribution >= 0.6 is 7.82 Å². The van der Waals surface area contributed by atoms with Crippen molar-refractivity contribution in [3.63, 3.8) is 0 Å². The Bertz CT molecular complexity index is 1180. The van der Waals surface area contributed by atoms with Gasteiger partial charge in [-0.25, -0.2) is 4.57 Å². The SMILES string of the molecule is CCC=CCC1OC1CC=CCC=CCC=CCC=CCCC(=O)OC(COC=CCC=CCCCCCCCCCCCCC)COP(=O)(O)OCCN. The summed E-state index contributed by atoms with van der Waals surface area (Å²) < 4.78 is 38.7. The molecule has 314 valence electrons. The molecule has 1 aliphatic rings. The van der Waals surface area contributed by atoms with E-state index in [0.29, 0.717) is 18.6 Å². The van der Waals surface area contributed by atoms with Crippen LogP contribution in [0, 0.1) is 0 Å². The normalized spacial score (nSPS) is 18.0. The third-order valence-electron chi connectivity index (χ3n) is 8.81. The van der Waals surface area contributed by atoms with E-state index in [2.05, 4.69) is 74.6 Å². The zero-order valence-electron chi connectivity index (χ0n) is 34.3. The summed E-state index contributed by atoms with van der Waals surface area (Å²) in [6.45, 7) is 3.97. The molecule has 0 aromatic carbocycles. The first-order chi connectivity index (χ1) is 26.9. The van der Waals surface area contributed by atoms with Gasteiger partial charge in [0.15, 0.2) is 6.10 Å². The number of esters is 1. The molecule has 1 fully saturated rings. The van der Waals surface area contributed by atoms with Crippen LogP contribution in [0.25, 0.3) is 0 Å². The molecule has 1 heterocycles. The van der Waals surface area contributed by atoms with Gasteiger partial charge in [-0.3, -0.25) is 13.8 Å². The number of allylic oxidation sites excluding steroid dienone is 11. The first-order valence-corrected chi connectivity index (χ1v) is 22.7. The quantitative estimate of drug-likeness (QED) is 0.0157. The highest BCUT2D eigenvalue weighted by Gasteiger charge is 2.36. The second-order valence-corrected chi connectivity index (χ2v) is 15.4. The van der Waals surface area contributed by atoms with Crippen LogP contribution in [0.2, 0.25) is 0 Å². The molecule has 4 atom stereocenters. The van der Waals surface area contributed by atoms with E-state index in [9.17, 15) is 14.3 Å². The minimum absolute atomic E-state index is 0.0278. The van der Waals surface area contributed by atoms with Crippen molar-refractivity contribution in [2.75, 3.05) is 26.4 Å². The molecular weight excluding hydrogens is 713 g/mol. The maximum absolute atomic E-state index is 12.5. The van der Waals surface area contributed by atoms with Crippen LogP contribution in [0.5, 0.6) is 0 Å². The Hall–Kier alpha value is -2.52. The lowest BCUT2D eigenvalue weighted by Gasteiger charge is -2.19. The van der Waals surface area contributed by atoms with Gasteiger partial charge in [-0.1, -0.05) is 151 Å². The molecule has 0 saturated carbocycles. The fourth-order valence-electron chi connectivity index (χ4n) is 5.60. The number of nitrogens with two attached hydrogens (primary N) is 1. The second kappa shape index (κ2) is 37.1. The Balaban J connectivity index is 2.23. The summed E-state index contributed by atoms with van der Waals surface area (Å²) in [6, 6.07) is 0. The summed E-state index contributed by atoms with van der Waals surface area (Å²) in [4.78, 5) is 22.4. The molecule has 0 aliphatic carbocycles. The maximum atomic E-state index is 12.5. The molecule has 0 aromatic heterocycles. The maximum Gasteiger partial charge on any atom is 0.472 e. The number of epoxide rings is 1. The summed E-state index contributed by atoms with van der Waals surface area (Å²) in [5, 5.41) is 0. The molecular formula is C45H76NO8P. The third kappa shape index (κ3) is 34.5. The van der Waals surface area contributed by atoms with E-state index < -0.39 is 19.9 Å². The van der Waals surface area contributed by atoms with Gasteiger partial charge in [-0.05, 0) is 70.3 Å². The average Bonchev–Trinajstić information content (AvgIpc) is 3.93. The minimum Gasteiger partial charge on any atom is -0.498 e. The number of hydrogen-bond acceptors (Lipinski definition) is 8. The molecule has 1 saturated heterocycles. The number of ether oxygens (including phenoxy) is 3. The molecule has 1 aliphatic heterocycles. The van der Waals surface area contributed by atoms with Crippen molar-refractivity contribution in [3.05, 3.63) is 85.3 Å². The van der Waals surface area contributed by atoms with E-state index in [4.69, 9.17) is 29.0 Å². The van der Waals surface area contributed by atoms with Gasteiger partial charge in [0, 0.05) is 13.0 Å². The smallest absolute Gasteiger partial charge is 0.472 e. The number of phosphoric ester groups is 1. The number of phosphoric acid groups is 1. The highest BCUT2D eigenvalue weighted by molar-refractivity contribution is 7.47. The van der Waals surface area contributed by atoms with Crippen LogP contribution in [0.15, 0.2) is 85.3 Å². The first-order valence-electron chi connectivity index (χ1n) is 21.2. The van der Waals surface area contributed by atoms with Crippen molar-refractivity contribution in [3.8, 4) is 0 Å². The van der Waals surface area contributed by atoms with Crippen molar-refractivity contribution in [1.29, 1.82) is 0 Å². The monoisotopic (exact) mass is 790 g/mol. The largest absolute Gasteiger partial charge is 0.498 e. The molecule has 4 unspecified atom stereocenters. The van der Waals surface area contributed by atoms with Crippen molar-refractivity contribution in [1.82, 2.24) is 0 Å². The third-order valence-corrected chi connectivity index (χ3v) is 9.79. The van der Waals surface area contributed by atoms with Crippen molar-refractivity contribution in [2.45, 2.75) is 167 Å². The average molecular weight is 790 g/mol. The Morgan fingerprint density at radius 2 is 1.20 bits per heavy atom. The van der Waals surface area contributed by atoms with Crippen molar-refractivity contribution in [2.24, 2.45) is 5.73 Å². The molecule has 0 radical (unpaired) electrons. The Labute approximate surface area is 334 Å². The molecule has 0 spiro atoms. The Kier molecular flexibility index (Phi) is 34.0. The van der Waals surface area contributed by atoms with E-state index >= 15 is 0 Å². The lowest BCUT2D eigenvalue weighted by molar-refractivity contribution is -0.153. The van der Waals surface area contributed by atoms with Crippen LogP contribution in [0.3, 0.4) is 0 Å². The van der Waals surface area contributed by atoms with Crippen molar-refractivity contribution < 1.29 is 37.5 Å². The van der Waals surface area contributed by atoms with E-state index in [1.54, 1.807) is 6.26 Å². The zero-order valence-corrected chi connectivity index (χ0v) is 35.2. The zero-order chi connectivity index (χ0) is 39.9. The summed E-state index contributed by atoms with van der Waals surface area (Å²) in [5.41, 5.74) is 5.35. The minimum atomic E-state index is -4.33. The van der Waals surface area contributed by atoms with E-state index in [1.807, 2.05) is 18.2 Å². The van der Waals surface area contributed by atoms with Crippen molar-refractivity contribution >= 4 is 13.8 Å². The predicted octanol–water partition coefficient (Wildman–Crippen LogP) is 11.9. The molecule has 0 amide bonds. The summed E-state index contributed by atoms with van der Waals surface area (Å²) in [6.07, 6.45) is 51.8. The Morgan fingerprint density at radius 3 is 1.80 bits per heavy atom. The number of rotatable bonds is 38. The lowest BCUT2D eigenvalue weighted by Crippen LogP contribution is -2.27. The van der Waals surface area contributed by atoms with E-state index in [-0.39, 0.29) is 32.8 Å². The lowest BCUT2D eigenvalue weighted by atomic mass is 10.1. The molecule has 3 N–H and O–H groups in total. The van der Waals surface area contributed by atoms with E-state index in [1.165, 1.54) is 70.6 Å². The van der Waals surface area contributed by atoms with Crippen LogP contribution < -0.4 is 5.73 Å². The van der Waals surface area contributed by atoms with Gasteiger partial charge in [0.2, 0.25) is 0 Å².